The number of nitrogens with one attached hydrogen (secondary N) is 1. The van der Waals surface area contributed by atoms with E-state index in [1.165, 1.54) is 0 Å². The van der Waals surface area contributed by atoms with Crippen molar-refractivity contribution in [3.8, 4) is 5.75 Å². The zero-order valence-electron chi connectivity index (χ0n) is 9.14. The van der Waals surface area contributed by atoms with E-state index in [0.29, 0.717) is 13.2 Å². The molecule has 0 bridgehead atoms. The fourth-order valence-electron chi connectivity index (χ4n) is 1.73. The fourth-order valence-corrected chi connectivity index (χ4v) is 2.39. The van der Waals surface area contributed by atoms with Crippen LogP contribution in [-0.2, 0) is 10.0 Å². The summed E-state index contributed by atoms with van der Waals surface area (Å²) < 4.78 is 30.7. The molecule has 1 aliphatic rings. The van der Waals surface area contributed by atoms with Crippen molar-refractivity contribution in [2.45, 2.75) is 12.8 Å². The van der Waals surface area contributed by atoms with Gasteiger partial charge >= 0.3 is 0 Å². The Morgan fingerprint density at radius 3 is 2.94 bits per heavy atom. The van der Waals surface area contributed by atoms with Gasteiger partial charge in [0, 0.05) is 18.0 Å². The molecule has 1 atom stereocenters. The van der Waals surface area contributed by atoms with E-state index in [4.69, 9.17) is 4.74 Å². The van der Waals surface area contributed by atoms with E-state index in [9.17, 15) is 8.42 Å². The highest BCUT2D eigenvalue weighted by molar-refractivity contribution is 7.89. The van der Waals surface area contributed by atoms with Crippen LogP contribution < -0.4 is 9.46 Å². The van der Waals surface area contributed by atoms with Crippen LogP contribution in [0.3, 0.4) is 0 Å². The monoisotopic (exact) mass is 241 g/mol. The molecular weight excluding hydrogens is 226 g/mol. The molecular formula is C11H15NO3S. The fraction of sp³-hybridized carbons (Fsp3) is 0.455. The summed E-state index contributed by atoms with van der Waals surface area (Å²) in [5.41, 5.74) is 1.08. The van der Waals surface area contributed by atoms with Crippen LogP contribution >= 0.6 is 0 Å². The third kappa shape index (κ3) is 2.36. The molecule has 0 saturated heterocycles. The number of para-hydroxylation sites is 1. The molecule has 1 N–H and O–H groups in total. The van der Waals surface area contributed by atoms with Gasteiger partial charge < -0.3 is 4.74 Å². The molecule has 1 heterocycles. The average Bonchev–Trinajstić information content (AvgIpc) is 2.70. The predicted molar refractivity (Wildman–Crippen MR) is 62.1 cm³/mol. The molecule has 0 fully saturated rings. The molecule has 1 aromatic carbocycles. The highest BCUT2D eigenvalue weighted by atomic mass is 32.2. The van der Waals surface area contributed by atoms with Crippen LogP contribution in [-0.4, -0.2) is 27.3 Å². The van der Waals surface area contributed by atoms with E-state index in [0.717, 1.165) is 11.3 Å². The van der Waals surface area contributed by atoms with Gasteiger partial charge in [-0.25, -0.2) is 13.1 Å². The van der Waals surface area contributed by atoms with Crippen LogP contribution in [0.2, 0.25) is 0 Å². The van der Waals surface area contributed by atoms with E-state index >= 15 is 0 Å². The minimum absolute atomic E-state index is 0.113. The molecule has 16 heavy (non-hydrogen) atoms. The molecule has 1 aliphatic heterocycles. The van der Waals surface area contributed by atoms with Gasteiger partial charge in [-0.3, -0.25) is 0 Å². The second-order valence-electron chi connectivity index (χ2n) is 3.80. The molecule has 0 amide bonds. The number of ether oxygens (including phenoxy) is 1. The van der Waals surface area contributed by atoms with Crippen LogP contribution in [0, 0.1) is 0 Å². The quantitative estimate of drug-likeness (QED) is 0.859. The van der Waals surface area contributed by atoms with Crippen LogP contribution in [0.15, 0.2) is 24.3 Å². The van der Waals surface area contributed by atoms with Crippen molar-refractivity contribution in [1.29, 1.82) is 0 Å². The van der Waals surface area contributed by atoms with E-state index in [2.05, 4.69) is 4.72 Å². The van der Waals surface area contributed by atoms with Crippen molar-refractivity contribution in [2.75, 3.05) is 18.9 Å². The van der Waals surface area contributed by atoms with Gasteiger partial charge in [0.2, 0.25) is 10.0 Å². The standard InChI is InChI=1S/C11H15NO3S/c1-2-16(13,14)12-7-9-8-15-11-6-4-3-5-10(9)11/h3-6,9,12H,2,7-8H2,1H3. The van der Waals surface area contributed by atoms with Crippen molar-refractivity contribution >= 4 is 10.0 Å². The van der Waals surface area contributed by atoms with Gasteiger partial charge in [0.15, 0.2) is 0 Å². The van der Waals surface area contributed by atoms with Gasteiger partial charge in [0.05, 0.1) is 12.4 Å². The number of sulfonamides is 1. The Hall–Kier alpha value is -1.07. The zero-order valence-corrected chi connectivity index (χ0v) is 9.96. The molecule has 2 rings (SSSR count). The maximum Gasteiger partial charge on any atom is 0.211 e. The number of benzene rings is 1. The van der Waals surface area contributed by atoms with Gasteiger partial charge in [0.25, 0.3) is 0 Å². The van der Waals surface area contributed by atoms with E-state index < -0.39 is 10.0 Å². The van der Waals surface area contributed by atoms with Gasteiger partial charge in [-0.15, -0.1) is 0 Å². The van der Waals surface area contributed by atoms with Crippen LogP contribution in [0.1, 0.15) is 18.4 Å². The number of hydrogen-bond acceptors (Lipinski definition) is 3. The number of hydrogen-bond donors (Lipinski definition) is 1. The molecule has 4 nitrogen and oxygen atoms in total. The molecule has 0 saturated carbocycles. The first kappa shape index (κ1) is 11.4. The summed E-state index contributed by atoms with van der Waals surface area (Å²) in [6, 6.07) is 7.74. The van der Waals surface area contributed by atoms with E-state index in [1.807, 2.05) is 24.3 Å². The van der Waals surface area contributed by atoms with Crippen molar-refractivity contribution in [3.63, 3.8) is 0 Å². The minimum atomic E-state index is -3.12. The van der Waals surface area contributed by atoms with Gasteiger partial charge in [-0.2, -0.15) is 0 Å². The summed E-state index contributed by atoms with van der Waals surface area (Å²) in [5, 5.41) is 0. The van der Waals surface area contributed by atoms with Crippen LogP contribution in [0.4, 0.5) is 0 Å². The first-order valence-electron chi connectivity index (χ1n) is 5.31. The van der Waals surface area contributed by atoms with Gasteiger partial charge in [-0.05, 0) is 13.0 Å². The molecule has 1 unspecified atom stereocenters. The maximum atomic E-state index is 11.3. The lowest BCUT2D eigenvalue weighted by Gasteiger charge is -2.09. The Morgan fingerprint density at radius 2 is 2.19 bits per heavy atom. The summed E-state index contributed by atoms with van der Waals surface area (Å²) in [7, 11) is -3.12. The lowest BCUT2D eigenvalue weighted by atomic mass is 10.0. The van der Waals surface area contributed by atoms with Crippen molar-refractivity contribution < 1.29 is 13.2 Å². The zero-order chi connectivity index (χ0) is 11.6. The largest absolute Gasteiger partial charge is 0.493 e. The Balaban J connectivity index is 2.04. The summed E-state index contributed by atoms with van der Waals surface area (Å²) in [5.74, 6) is 1.10. The number of rotatable bonds is 4. The highest BCUT2D eigenvalue weighted by Crippen LogP contribution is 2.32. The van der Waals surface area contributed by atoms with Gasteiger partial charge in [-0.1, -0.05) is 18.2 Å². The third-order valence-corrected chi connectivity index (χ3v) is 4.10. The smallest absolute Gasteiger partial charge is 0.211 e. The second kappa shape index (κ2) is 4.43. The lowest BCUT2D eigenvalue weighted by molar-refractivity contribution is 0.330. The topological polar surface area (TPSA) is 55.4 Å². The summed E-state index contributed by atoms with van der Waals surface area (Å²) in [6.45, 7) is 2.58. The van der Waals surface area contributed by atoms with Crippen LogP contribution in [0.5, 0.6) is 5.75 Å². The van der Waals surface area contributed by atoms with E-state index in [-0.39, 0.29) is 11.7 Å². The summed E-state index contributed by atoms with van der Waals surface area (Å²) in [6.07, 6.45) is 0. The Kier molecular flexibility index (Phi) is 3.16. The van der Waals surface area contributed by atoms with Crippen molar-refractivity contribution in [3.05, 3.63) is 29.8 Å². The first-order chi connectivity index (χ1) is 7.62. The molecule has 5 heteroatoms. The second-order valence-corrected chi connectivity index (χ2v) is 5.89. The van der Waals surface area contributed by atoms with Crippen molar-refractivity contribution in [1.82, 2.24) is 4.72 Å². The summed E-state index contributed by atoms with van der Waals surface area (Å²) >= 11 is 0. The lowest BCUT2D eigenvalue weighted by Crippen LogP contribution is -2.30. The van der Waals surface area contributed by atoms with E-state index in [1.54, 1.807) is 6.92 Å². The normalized spacial score (nSPS) is 19.2. The predicted octanol–water partition coefficient (Wildman–Crippen LogP) is 1.10. The molecule has 1 aromatic rings. The Bertz CT molecular complexity index is 470. The molecule has 88 valence electrons. The van der Waals surface area contributed by atoms with Crippen LogP contribution in [0.25, 0.3) is 0 Å². The van der Waals surface area contributed by atoms with Gasteiger partial charge in [0.1, 0.15) is 5.75 Å². The maximum absolute atomic E-state index is 11.3. The SMILES string of the molecule is CCS(=O)(=O)NCC1COc2ccccc21. The third-order valence-electron chi connectivity index (χ3n) is 2.73. The first-order valence-corrected chi connectivity index (χ1v) is 6.96. The molecule has 0 radical (unpaired) electrons. The average molecular weight is 241 g/mol. The van der Waals surface area contributed by atoms with Crippen molar-refractivity contribution in [2.24, 2.45) is 0 Å². The minimum Gasteiger partial charge on any atom is -0.493 e. The summed E-state index contributed by atoms with van der Waals surface area (Å²) in [4.78, 5) is 0. The number of fused-ring (bicyclic) bond motifs is 1. The highest BCUT2D eigenvalue weighted by Gasteiger charge is 2.24. The molecule has 0 aliphatic carbocycles. The molecule has 0 spiro atoms. The molecule has 0 aromatic heterocycles. The Morgan fingerprint density at radius 1 is 1.44 bits per heavy atom. The Labute approximate surface area is 95.7 Å².